The molecule has 3 aromatic rings. The standard InChI is InChI=1S/C24H28N2O3S/c1-5-23(26(30(4,28)29)21-14-17(2)13-18(3)15-21)24(27)25-16-20-11-8-10-19-9-6-7-12-22(19)20/h6-15,23H,5,16H2,1-4H3,(H,25,27)/t23-/m1/s1. The molecule has 0 saturated carbocycles. The van der Waals surface area contributed by atoms with Gasteiger partial charge >= 0.3 is 0 Å². The summed E-state index contributed by atoms with van der Waals surface area (Å²) < 4.78 is 26.6. The zero-order valence-electron chi connectivity index (χ0n) is 17.8. The highest BCUT2D eigenvalue weighted by atomic mass is 32.2. The minimum absolute atomic E-state index is 0.310. The average molecular weight is 425 g/mol. The van der Waals surface area contributed by atoms with Crippen molar-refractivity contribution in [3.8, 4) is 0 Å². The van der Waals surface area contributed by atoms with Crippen LogP contribution in [-0.4, -0.2) is 26.6 Å². The molecule has 0 aliphatic rings. The van der Waals surface area contributed by atoms with Gasteiger partial charge in [-0.25, -0.2) is 8.42 Å². The molecule has 30 heavy (non-hydrogen) atoms. The smallest absolute Gasteiger partial charge is 0.244 e. The Morgan fingerprint density at radius 1 is 1.00 bits per heavy atom. The van der Waals surface area contributed by atoms with E-state index in [1.165, 1.54) is 4.31 Å². The number of sulfonamides is 1. The Balaban J connectivity index is 1.89. The second-order valence-electron chi connectivity index (χ2n) is 7.68. The Morgan fingerprint density at radius 2 is 1.63 bits per heavy atom. The minimum Gasteiger partial charge on any atom is -0.350 e. The van der Waals surface area contributed by atoms with Gasteiger partial charge in [0.15, 0.2) is 0 Å². The van der Waals surface area contributed by atoms with Gasteiger partial charge in [0.2, 0.25) is 15.9 Å². The second-order valence-corrected chi connectivity index (χ2v) is 9.54. The van der Waals surface area contributed by atoms with Crippen molar-refractivity contribution in [2.24, 2.45) is 0 Å². The van der Waals surface area contributed by atoms with Crippen LogP contribution in [0.2, 0.25) is 0 Å². The van der Waals surface area contributed by atoms with Crippen molar-refractivity contribution < 1.29 is 13.2 Å². The molecular formula is C24H28N2O3S. The lowest BCUT2D eigenvalue weighted by Gasteiger charge is -2.30. The van der Waals surface area contributed by atoms with E-state index in [0.717, 1.165) is 33.7 Å². The predicted octanol–water partition coefficient (Wildman–Crippen LogP) is 4.32. The largest absolute Gasteiger partial charge is 0.350 e. The van der Waals surface area contributed by atoms with Gasteiger partial charge in [-0.1, -0.05) is 55.5 Å². The molecule has 0 radical (unpaired) electrons. The number of carbonyl (C=O) groups is 1. The number of carbonyl (C=O) groups excluding carboxylic acids is 1. The Kier molecular flexibility index (Phi) is 6.46. The van der Waals surface area contributed by atoms with Crippen molar-refractivity contribution >= 4 is 32.4 Å². The van der Waals surface area contributed by atoms with E-state index in [-0.39, 0.29) is 5.91 Å². The first kappa shape index (κ1) is 21.8. The molecule has 1 N–H and O–H groups in total. The molecule has 0 aliphatic heterocycles. The predicted molar refractivity (Wildman–Crippen MR) is 123 cm³/mol. The summed E-state index contributed by atoms with van der Waals surface area (Å²) in [6, 6.07) is 18.7. The quantitative estimate of drug-likeness (QED) is 0.614. The maximum absolute atomic E-state index is 13.1. The average Bonchev–Trinajstić information content (AvgIpc) is 2.68. The number of hydrogen-bond donors (Lipinski definition) is 1. The third-order valence-electron chi connectivity index (χ3n) is 5.12. The lowest BCUT2D eigenvalue weighted by Crippen LogP contribution is -2.49. The van der Waals surface area contributed by atoms with Crippen molar-refractivity contribution in [1.29, 1.82) is 0 Å². The van der Waals surface area contributed by atoms with E-state index in [0.29, 0.717) is 18.7 Å². The van der Waals surface area contributed by atoms with Crippen LogP contribution in [0.25, 0.3) is 10.8 Å². The number of hydrogen-bond acceptors (Lipinski definition) is 3. The van der Waals surface area contributed by atoms with Gasteiger partial charge in [-0.05, 0) is 59.9 Å². The van der Waals surface area contributed by atoms with Gasteiger partial charge in [-0.3, -0.25) is 9.10 Å². The zero-order valence-corrected chi connectivity index (χ0v) is 18.7. The SMILES string of the molecule is CC[C@H](C(=O)NCc1cccc2ccccc12)N(c1cc(C)cc(C)c1)S(C)(=O)=O. The van der Waals surface area contributed by atoms with Gasteiger partial charge in [0.1, 0.15) is 6.04 Å². The van der Waals surface area contributed by atoms with E-state index >= 15 is 0 Å². The van der Waals surface area contributed by atoms with Crippen molar-refractivity contribution in [3.05, 3.63) is 77.4 Å². The van der Waals surface area contributed by atoms with E-state index in [2.05, 4.69) is 5.32 Å². The second kappa shape index (κ2) is 8.88. The van der Waals surface area contributed by atoms with E-state index < -0.39 is 16.1 Å². The molecule has 5 nitrogen and oxygen atoms in total. The number of fused-ring (bicyclic) bond motifs is 1. The van der Waals surface area contributed by atoms with Crippen molar-refractivity contribution in [2.75, 3.05) is 10.6 Å². The van der Waals surface area contributed by atoms with Crippen LogP contribution >= 0.6 is 0 Å². The molecular weight excluding hydrogens is 396 g/mol. The summed E-state index contributed by atoms with van der Waals surface area (Å²) in [5, 5.41) is 5.12. The fourth-order valence-electron chi connectivity index (χ4n) is 3.88. The highest BCUT2D eigenvalue weighted by molar-refractivity contribution is 7.92. The van der Waals surface area contributed by atoms with Crippen LogP contribution in [0.1, 0.15) is 30.0 Å². The minimum atomic E-state index is -3.65. The zero-order chi connectivity index (χ0) is 21.9. The third kappa shape index (κ3) is 4.82. The van der Waals surface area contributed by atoms with E-state index in [9.17, 15) is 13.2 Å². The van der Waals surface area contributed by atoms with Gasteiger partial charge < -0.3 is 5.32 Å². The van der Waals surface area contributed by atoms with Crippen LogP contribution in [0.3, 0.4) is 0 Å². The van der Waals surface area contributed by atoms with Crippen LogP contribution in [-0.2, 0) is 21.4 Å². The van der Waals surface area contributed by atoms with Gasteiger partial charge in [0.25, 0.3) is 0 Å². The Hall–Kier alpha value is -2.86. The molecule has 0 aliphatic carbocycles. The number of anilines is 1. The molecule has 0 heterocycles. The van der Waals surface area contributed by atoms with Crippen LogP contribution < -0.4 is 9.62 Å². The van der Waals surface area contributed by atoms with Crippen molar-refractivity contribution in [1.82, 2.24) is 5.32 Å². The fourth-order valence-corrected chi connectivity index (χ4v) is 5.08. The molecule has 3 rings (SSSR count). The Morgan fingerprint density at radius 3 is 2.27 bits per heavy atom. The molecule has 6 heteroatoms. The Labute approximate surface area is 178 Å². The molecule has 1 amide bonds. The fraction of sp³-hybridized carbons (Fsp3) is 0.292. The normalized spacial score (nSPS) is 12.5. The first-order valence-electron chi connectivity index (χ1n) is 10.0. The number of amides is 1. The summed E-state index contributed by atoms with van der Waals surface area (Å²) in [5.74, 6) is -0.310. The number of rotatable bonds is 7. The number of aryl methyl sites for hydroxylation is 2. The van der Waals surface area contributed by atoms with Crippen molar-refractivity contribution in [2.45, 2.75) is 39.8 Å². The first-order chi connectivity index (χ1) is 14.2. The van der Waals surface area contributed by atoms with Crippen LogP contribution in [0.5, 0.6) is 0 Å². The summed E-state index contributed by atoms with van der Waals surface area (Å²) >= 11 is 0. The maximum Gasteiger partial charge on any atom is 0.244 e. The summed E-state index contributed by atoms with van der Waals surface area (Å²) in [6.45, 7) is 5.99. The van der Waals surface area contributed by atoms with Gasteiger partial charge in [-0.2, -0.15) is 0 Å². The highest BCUT2D eigenvalue weighted by Crippen LogP contribution is 2.25. The van der Waals surface area contributed by atoms with Crippen molar-refractivity contribution in [3.63, 3.8) is 0 Å². The summed E-state index contributed by atoms with van der Waals surface area (Å²) in [7, 11) is -3.65. The van der Waals surface area contributed by atoms with Gasteiger partial charge in [0.05, 0.1) is 11.9 Å². The van der Waals surface area contributed by atoms with Crippen LogP contribution in [0.15, 0.2) is 60.7 Å². The topological polar surface area (TPSA) is 66.5 Å². The monoisotopic (exact) mass is 424 g/mol. The lowest BCUT2D eigenvalue weighted by atomic mass is 10.0. The summed E-state index contributed by atoms with van der Waals surface area (Å²) in [6.07, 6.45) is 1.51. The summed E-state index contributed by atoms with van der Waals surface area (Å²) in [5.41, 5.74) is 3.41. The third-order valence-corrected chi connectivity index (χ3v) is 6.30. The lowest BCUT2D eigenvalue weighted by molar-refractivity contribution is -0.122. The summed E-state index contributed by atoms with van der Waals surface area (Å²) in [4.78, 5) is 13.1. The molecule has 3 aromatic carbocycles. The molecule has 0 bridgehead atoms. The molecule has 1 atom stereocenters. The molecule has 0 spiro atoms. The number of nitrogens with zero attached hydrogens (tertiary/aromatic N) is 1. The van der Waals surface area contributed by atoms with Crippen LogP contribution in [0.4, 0.5) is 5.69 Å². The Bertz CT molecular complexity index is 1150. The van der Waals surface area contributed by atoms with Gasteiger partial charge in [-0.15, -0.1) is 0 Å². The first-order valence-corrected chi connectivity index (χ1v) is 11.9. The van der Waals surface area contributed by atoms with E-state index in [4.69, 9.17) is 0 Å². The van der Waals surface area contributed by atoms with E-state index in [1.807, 2.05) is 69.3 Å². The molecule has 158 valence electrons. The molecule has 0 unspecified atom stereocenters. The number of benzene rings is 3. The maximum atomic E-state index is 13.1. The molecule has 0 aromatic heterocycles. The molecule has 0 saturated heterocycles. The highest BCUT2D eigenvalue weighted by Gasteiger charge is 2.31. The van der Waals surface area contributed by atoms with Crippen LogP contribution in [0, 0.1) is 13.8 Å². The van der Waals surface area contributed by atoms with E-state index in [1.54, 1.807) is 12.1 Å². The van der Waals surface area contributed by atoms with Gasteiger partial charge in [0, 0.05) is 6.54 Å². The number of nitrogens with one attached hydrogen (secondary N) is 1. The molecule has 0 fully saturated rings.